The second kappa shape index (κ2) is 5.38. The zero-order chi connectivity index (χ0) is 10.6. The van der Waals surface area contributed by atoms with Crippen molar-refractivity contribution in [3.63, 3.8) is 0 Å². The maximum Gasteiger partial charge on any atom is 0.151 e. The summed E-state index contributed by atoms with van der Waals surface area (Å²) in [4.78, 5) is 10.8. The Balaban J connectivity index is 3.05. The van der Waals surface area contributed by atoms with Crippen molar-refractivity contribution < 1.29 is 4.79 Å². The molecule has 0 aromatic heterocycles. The standard InChI is InChI=1S/C11H12Cl2O/c1-2-3-4-8-5-9(12)6-11(13)10(8)7-14/h5-7H,2-4H2,1H3. The van der Waals surface area contributed by atoms with E-state index in [9.17, 15) is 4.79 Å². The summed E-state index contributed by atoms with van der Waals surface area (Å²) in [6.45, 7) is 2.10. The minimum absolute atomic E-state index is 0.443. The van der Waals surface area contributed by atoms with Gasteiger partial charge in [0.05, 0.1) is 5.02 Å². The summed E-state index contributed by atoms with van der Waals surface area (Å²) < 4.78 is 0. The van der Waals surface area contributed by atoms with Gasteiger partial charge in [-0.15, -0.1) is 0 Å². The first kappa shape index (κ1) is 11.5. The van der Waals surface area contributed by atoms with Gasteiger partial charge in [-0.2, -0.15) is 0 Å². The minimum atomic E-state index is 0.443. The van der Waals surface area contributed by atoms with Gasteiger partial charge in [-0.1, -0.05) is 36.5 Å². The number of hydrogen-bond acceptors (Lipinski definition) is 1. The Labute approximate surface area is 94.0 Å². The lowest BCUT2D eigenvalue weighted by atomic mass is 10.0. The van der Waals surface area contributed by atoms with Crippen molar-refractivity contribution in [1.82, 2.24) is 0 Å². The SMILES string of the molecule is CCCCc1cc(Cl)cc(Cl)c1C=O. The van der Waals surface area contributed by atoms with Gasteiger partial charge in [0.25, 0.3) is 0 Å². The summed E-state index contributed by atoms with van der Waals surface area (Å²) in [5.74, 6) is 0. The molecule has 0 aliphatic rings. The van der Waals surface area contributed by atoms with Gasteiger partial charge in [-0.25, -0.2) is 0 Å². The number of rotatable bonds is 4. The first-order valence-electron chi connectivity index (χ1n) is 4.62. The van der Waals surface area contributed by atoms with E-state index < -0.39 is 0 Å². The van der Waals surface area contributed by atoms with Crippen LogP contribution in [0.25, 0.3) is 0 Å². The molecule has 0 saturated carbocycles. The molecule has 0 bridgehead atoms. The van der Waals surface area contributed by atoms with Crippen molar-refractivity contribution in [2.45, 2.75) is 26.2 Å². The molecule has 3 heteroatoms. The molecule has 0 atom stereocenters. The molecule has 0 amide bonds. The summed E-state index contributed by atoms with van der Waals surface area (Å²) >= 11 is 11.8. The zero-order valence-corrected chi connectivity index (χ0v) is 9.53. The number of unbranched alkanes of at least 4 members (excludes halogenated alkanes) is 1. The summed E-state index contributed by atoms with van der Waals surface area (Å²) in [6.07, 6.45) is 3.77. The molecule has 0 aliphatic heterocycles. The predicted octanol–water partition coefficient (Wildman–Crippen LogP) is 4.15. The Hall–Kier alpha value is -0.530. The number of carbonyl (C=O) groups excluding carboxylic acids is 1. The smallest absolute Gasteiger partial charge is 0.151 e. The molecule has 14 heavy (non-hydrogen) atoms. The second-order valence-corrected chi connectivity index (χ2v) is 4.03. The number of aldehydes is 1. The van der Waals surface area contributed by atoms with Crippen molar-refractivity contribution in [3.05, 3.63) is 33.3 Å². The van der Waals surface area contributed by atoms with E-state index in [1.165, 1.54) is 0 Å². The van der Waals surface area contributed by atoms with Crippen LogP contribution in [0, 0.1) is 0 Å². The first-order valence-corrected chi connectivity index (χ1v) is 5.37. The van der Waals surface area contributed by atoms with Crippen molar-refractivity contribution >= 4 is 29.5 Å². The highest BCUT2D eigenvalue weighted by molar-refractivity contribution is 6.36. The molecule has 0 fully saturated rings. The van der Waals surface area contributed by atoms with Crippen LogP contribution in [0.4, 0.5) is 0 Å². The van der Waals surface area contributed by atoms with E-state index in [-0.39, 0.29) is 0 Å². The van der Waals surface area contributed by atoms with E-state index in [4.69, 9.17) is 23.2 Å². The average molecular weight is 231 g/mol. The highest BCUT2D eigenvalue weighted by Gasteiger charge is 2.07. The van der Waals surface area contributed by atoms with Crippen molar-refractivity contribution in [1.29, 1.82) is 0 Å². The minimum Gasteiger partial charge on any atom is -0.298 e. The van der Waals surface area contributed by atoms with E-state index in [0.717, 1.165) is 31.1 Å². The maximum absolute atomic E-state index is 10.8. The van der Waals surface area contributed by atoms with Gasteiger partial charge in [0.2, 0.25) is 0 Å². The summed E-state index contributed by atoms with van der Waals surface area (Å²) in [5, 5.41) is 1.03. The highest BCUT2D eigenvalue weighted by Crippen LogP contribution is 2.25. The van der Waals surface area contributed by atoms with Gasteiger partial charge in [-0.05, 0) is 30.5 Å². The molecule has 0 heterocycles. The Morgan fingerprint density at radius 1 is 1.36 bits per heavy atom. The van der Waals surface area contributed by atoms with E-state index in [0.29, 0.717) is 15.6 Å². The average Bonchev–Trinajstić information content (AvgIpc) is 2.14. The van der Waals surface area contributed by atoms with Crippen molar-refractivity contribution in [3.8, 4) is 0 Å². The van der Waals surface area contributed by atoms with E-state index in [2.05, 4.69) is 6.92 Å². The van der Waals surface area contributed by atoms with Crippen molar-refractivity contribution in [2.24, 2.45) is 0 Å². The van der Waals surface area contributed by atoms with Crippen LogP contribution < -0.4 is 0 Å². The van der Waals surface area contributed by atoms with Gasteiger partial charge in [0.15, 0.2) is 6.29 Å². The topological polar surface area (TPSA) is 17.1 Å². The summed E-state index contributed by atoms with van der Waals surface area (Å²) in [6, 6.07) is 3.41. The van der Waals surface area contributed by atoms with Gasteiger partial charge in [0, 0.05) is 10.6 Å². The first-order chi connectivity index (χ1) is 6.69. The Kier molecular flexibility index (Phi) is 4.43. The molecule has 1 rings (SSSR count). The van der Waals surface area contributed by atoms with Crippen LogP contribution in [0.2, 0.25) is 10.0 Å². The largest absolute Gasteiger partial charge is 0.298 e. The highest BCUT2D eigenvalue weighted by atomic mass is 35.5. The lowest BCUT2D eigenvalue weighted by molar-refractivity contribution is 0.112. The third kappa shape index (κ3) is 2.73. The Morgan fingerprint density at radius 3 is 2.64 bits per heavy atom. The monoisotopic (exact) mass is 230 g/mol. The Bertz CT molecular complexity index is 334. The van der Waals surface area contributed by atoms with Gasteiger partial charge < -0.3 is 0 Å². The molecule has 1 aromatic carbocycles. The van der Waals surface area contributed by atoms with Crippen LogP contribution >= 0.6 is 23.2 Å². The molecule has 76 valence electrons. The molecule has 0 aliphatic carbocycles. The van der Waals surface area contributed by atoms with Crippen LogP contribution in [-0.2, 0) is 6.42 Å². The predicted molar refractivity (Wildman–Crippen MR) is 60.5 cm³/mol. The maximum atomic E-state index is 10.8. The molecule has 0 saturated heterocycles. The van der Waals surface area contributed by atoms with Crippen LogP contribution in [0.15, 0.2) is 12.1 Å². The van der Waals surface area contributed by atoms with Crippen LogP contribution in [-0.4, -0.2) is 6.29 Å². The van der Waals surface area contributed by atoms with Crippen LogP contribution in [0.1, 0.15) is 35.7 Å². The number of carbonyl (C=O) groups is 1. The number of hydrogen-bond donors (Lipinski definition) is 0. The third-order valence-corrected chi connectivity index (χ3v) is 2.63. The van der Waals surface area contributed by atoms with Gasteiger partial charge >= 0.3 is 0 Å². The molecular weight excluding hydrogens is 219 g/mol. The van der Waals surface area contributed by atoms with Crippen LogP contribution in [0.3, 0.4) is 0 Å². The zero-order valence-electron chi connectivity index (χ0n) is 8.02. The number of aryl methyl sites for hydroxylation is 1. The molecular formula is C11H12Cl2O. The third-order valence-electron chi connectivity index (χ3n) is 2.10. The molecule has 0 N–H and O–H groups in total. The molecule has 0 radical (unpaired) electrons. The summed E-state index contributed by atoms with van der Waals surface area (Å²) in [7, 11) is 0. The lowest BCUT2D eigenvalue weighted by Gasteiger charge is -2.06. The normalized spacial score (nSPS) is 10.2. The fourth-order valence-electron chi connectivity index (χ4n) is 1.34. The van der Waals surface area contributed by atoms with Gasteiger partial charge in [0.1, 0.15) is 0 Å². The van der Waals surface area contributed by atoms with Gasteiger partial charge in [-0.3, -0.25) is 4.79 Å². The number of benzene rings is 1. The van der Waals surface area contributed by atoms with Crippen LogP contribution in [0.5, 0.6) is 0 Å². The van der Waals surface area contributed by atoms with E-state index in [1.54, 1.807) is 6.07 Å². The molecule has 0 spiro atoms. The van der Waals surface area contributed by atoms with Crippen molar-refractivity contribution in [2.75, 3.05) is 0 Å². The quantitative estimate of drug-likeness (QED) is 0.711. The Morgan fingerprint density at radius 2 is 2.07 bits per heavy atom. The molecule has 1 aromatic rings. The van der Waals surface area contributed by atoms with E-state index in [1.807, 2.05) is 6.07 Å². The fraction of sp³-hybridized carbons (Fsp3) is 0.364. The summed E-state index contributed by atoms with van der Waals surface area (Å²) in [5.41, 5.74) is 1.52. The fourth-order valence-corrected chi connectivity index (χ4v) is 1.92. The number of halogens is 2. The lowest BCUT2D eigenvalue weighted by Crippen LogP contribution is -1.94. The van der Waals surface area contributed by atoms with E-state index >= 15 is 0 Å². The molecule has 1 nitrogen and oxygen atoms in total. The second-order valence-electron chi connectivity index (χ2n) is 3.18. The molecule has 0 unspecified atom stereocenters.